The van der Waals surface area contributed by atoms with Crippen molar-refractivity contribution in [1.29, 1.82) is 0 Å². The molecule has 0 aliphatic rings. The Morgan fingerprint density at radius 2 is 2.38 bits per heavy atom. The van der Waals surface area contributed by atoms with Crippen molar-refractivity contribution in [2.24, 2.45) is 5.16 Å². The Morgan fingerprint density at radius 1 is 1.75 bits per heavy atom. The van der Waals surface area contributed by atoms with Crippen LogP contribution in [0.2, 0.25) is 0 Å². The highest BCUT2D eigenvalue weighted by Gasteiger charge is 1.76. The fraction of sp³-hybridized carbons (Fsp3) is 0.500. The lowest BCUT2D eigenvalue weighted by atomic mass is 10.3. The van der Waals surface area contributed by atoms with Crippen molar-refractivity contribution >= 4 is 5.71 Å². The molecular weight excluding hydrogens is 102 g/mol. The zero-order valence-electron chi connectivity index (χ0n) is 5.26. The van der Waals surface area contributed by atoms with E-state index in [9.17, 15) is 0 Å². The van der Waals surface area contributed by atoms with E-state index >= 15 is 0 Å². The second-order valence-electron chi connectivity index (χ2n) is 1.55. The minimum Gasteiger partial charge on any atom is -0.411 e. The second kappa shape index (κ2) is 4.37. The lowest BCUT2D eigenvalue weighted by Gasteiger charge is -1.81. The van der Waals surface area contributed by atoms with E-state index in [1.165, 1.54) is 0 Å². The zero-order chi connectivity index (χ0) is 6.41. The van der Waals surface area contributed by atoms with E-state index in [1.54, 1.807) is 13.0 Å². The molecule has 46 valence electrons. The van der Waals surface area contributed by atoms with Crippen LogP contribution in [0.4, 0.5) is 0 Å². The van der Waals surface area contributed by atoms with Gasteiger partial charge in [0.05, 0.1) is 5.71 Å². The summed E-state index contributed by atoms with van der Waals surface area (Å²) in [5.41, 5.74) is 0.645. The summed E-state index contributed by atoms with van der Waals surface area (Å²) in [4.78, 5) is 0. The smallest absolute Gasteiger partial charge is 0.0761 e. The molecule has 0 saturated heterocycles. The Hall–Kier alpha value is -0.790. The molecule has 0 aromatic heterocycles. The molecule has 0 aromatic carbocycles. The van der Waals surface area contributed by atoms with Gasteiger partial charge in [0.25, 0.3) is 0 Å². The normalized spacial score (nSPS) is 13.0. The van der Waals surface area contributed by atoms with Crippen molar-refractivity contribution in [3.63, 3.8) is 0 Å². The SMILES string of the molecule is CCC=CC(C)=NO. The van der Waals surface area contributed by atoms with Gasteiger partial charge in [0.1, 0.15) is 0 Å². The monoisotopic (exact) mass is 113 g/mol. The predicted molar refractivity (Wildman–Crippen MR) is 34.3 cm³/mol. The van der Waals surface area contributed by atoms with E-state index in [2.05, 4.69) is 5.16 Å². The van der Waals surface area contributed by atoms with Crippen LogP contribution in [0.5, 0.6) is 0 Å². The number of hydrogen-bond donors (Lipinski definition) is 1. The molecule has 0 atom stereocenters. The van der Waals surface area contributed by atoms with Crippen LogP contribution < -0.4 is 0 Å². The minimum absolute atomic E-state index is 0.645. The number of hydrogen-bond acceptors (Lipinski definition) is 2. The second-order valence-corrected chi connectivity index (χ2v) is 1.55. The van der Waals surface area contributed by atoms with Crippen molar-refractivity contribution < 1.29 is 5.21 Å². The number of nitrogens with zero attached hydrogens (tertiary/aromatic N) is 1. The molecule has 0 radical (unpaired) electrons. The average molecular weight is 113 g/mol. The van der Waals surface area contributed by atoms with Crippen molar-refractivity contribution in [1.82, 2.24) is 0 Å². The van der Waals surface area contributed by atoms with E-state index in [1.807, 2.05) is 13.0 Å². The van der Waals surface area contributed by atoms with Crippen molar-refractivity contribution in [2.75, 3.05) is 0 Å². The van der Waals surface area contributed by atoms with Gasteiger partial charge in [0.15, 0.2) is 0 Å². The molecule has 0 heterocycles. The lowest BCUT2D eigenvalue weighted by Crippen LogP contribution is -1.80. The fourth-order valence-corrected chi connectivity index (χ4v) is 0.322. The quantitative estimate of drug-likeness (QED) is 0.330. The van der Waals surface area contributed by atoms with Crippen LogP contribution in [0.3, 0.4) is 0 Å². The Balaban J connectivity index is 3.53. The van der Waals surface area contributed by atoms with E-state index in [0.717, 1.165) is 6.42 Å². The van der Waals surface area contributed by atoms with Gasteiger partial charge in [-0.1, -0.05) is 18.2 Å². The van der Waals surface area contributed by atoms with Gasteiger partial charge in [-0.25, -0.2) is 0 Å². The van der Waals surface area contributed by atoms with Crippen LogP contribution >= 0.6 is 0 Å². The highest BCUT2D eigenvalue weighted by molar-refractivity contribution is 5.92. The van der Waals surface area contributed by atoms with Crippen molar-refractivity contribution in [3.8, 4) is 0 Å². The molecule has 0 aliphatic carbocycles. The summed E-state index contributed by atoms with van der Waals surface area (Å²) >= 11 is 0. The summed E-state index contributed by atoms with van der Waals surface area (Å²) in [7, 11) is 0. The van der Waals surface area contributed by atoms with Crippen LogP contribution in [0.15, 0.2) is 17.3 Å². The number of oxime groups is 1. The zero-order valence-corrected chi connectivity index (χ0v) is 5.26. The molecule has 0 unspecified atom stereocenters. The van der Waals surface area contributed by atoms with Gasteiger partial charge in [-0.05, 0) is 19.4 Å². The maximum atomic E-state index is 8.10. The standard InChI is InChI=1S/C6H11NO/c1-3-4-5-6(2)7-8/h4-5,8H,3H2,1-2H3. The van der Waals surface area contributed by atoms with E-state index < -0.39 is 0 Å². The predicted octanol–water partition coefficient (Wildman–Crippen LogP) is 1.80. The Bertz CT molecular complexity index is 105. The molecule has 0 amide bonds. The highest BCUT2D eigenvalue weighted by Crippen LogP contribution is 1.81. The van der Waals surface area contributed by atoms with Gasteiger partial charge >= 0.3 is 0 Å². The summed E-state index contributed by atoms with van der Waals surface area (Å²) in [6.45, 7) is 3.77. The summed E-state index contributed by atoms with van der Waals surface area (Å²) in [5, 5.41) is 11.1. The molecule has 0 aromatic rings. The van der Waals surface area contributed by atoms with Crippen LogP contribution in [0, 0.1) is 0 Å². The maximum Gasteiger partial charge on any atom is 0.0761 e. The van der Waals surface area contributed by atoms with E-state index in [-0.39, 0.29) is 0 Å². The third-order valence-electron chi connectivity index (χ3n) is 0.752. The van der Waals surface area contributed by atoms with Crippen LogP contribution in [-0.2, 0) is 0 Å². The molecule has 1 N–H and O–H groups in total. The topological polar surface area (TPSA) is 32.6 Å². The molecule has 0 aliphatic heterocycles. The highest BCUT2D eigenvalue weighted by atomic mass is 16.4. The Kier molecular flexibility index (Phi) is 3.94. The third-order valence-corrected chi connectivity index (χ3v) is 0.752. The molecule has 0 fully saturated rings. The van der Waals surface area contributed by atoms with Crippen LogP contribution in [0.25, 0.3) is 0 Å². The number of allylic oxidation sites excluding steroid dienone is 2. The molecule has 2 nitrogen and oxygen atoms in total. The van der Waals surface area contributed by atoms with E-state index in [0.29, 0.717) is 5.71 Å². The third kappa shape index (κ3) is 3.40. The summed E-state index contributed by atoms with van der Waals surface area (Å²) < 4.78 is 0. The molecule has 0 bridgehead atoms. The van der Waals surface area contributed by atoms with Gasteiger partial charge in [-0.3, -0.25) is 0 Å². The first-order valence-corrected chi connectivity index (χ1v) is 2.66. The molecule has 0 spiro atoms. The largest absolute Gasteiger partial charge is 0.411 e. The Labute approximate surface area is 49.5 Å². The van der Waals surface area contributed by atoms with Gasteiger partial charge in [0.2, 0.25) is 0 Å². The van der Waals surface area contributed by atoms with Gasteiger partial charge in [0, 0.05) is 0 Å². The Morgan fingerprint density at radius 3 is 2.75 bits per heavy atom. The first-order chi connectivity index (χ1) is 3.81. The summed E-state index contributed by atoms with van der Waals surface area (Å²) in [6.07, 6.45) is 4.70. The first kappa shape index (κ1) is 7.21. The molecule has 8 heavy (non-hydrogen) atoms. The summed E-state index contributed by atoms with van der Waals surface area (Å²) in [5.74, 6) is 0. The van der Waals surface area contributed by atoms with Gasteiger partial charge in [-0.2, -0.15) is 0 Å². The van der Waals surface area contributed by atoms with Crippen molar-refractivity contribution in [2.45, 2.75) is 20.3 Å². The fourth-order valence-electron chi connectivity index (χ4n) is 0.322. The molecular formula is C6H11NO. The first-order valence-electron chi connectivity index (χ1n) is 2.66. The molecule has 0 saturated carbocycles. The van der Waals surface area contributed by atoms with Crippen LogP contribution in [0.1, 0.15) is 20.3 Å². The average Bonchev–Trinajstić information content (AvgIpc) is 1.83. The lowest BCUT2D eigenvalue weighted by molar-refractivity contribution is 0.319. The molecule has 2 heteroatoms. The van der Waals surface area contributed by atoms with E-state index in [4.69, 9.17) is 5.21 Å². The van der Waals surface area contributed by atoms with Gasteiger partial charge in [-0.15, -0.1) is 0 Å². The maximum absolute atomic E-state index is 8.10. The van der Waals surface area contributed by atoms with Crippen LogP contribution in [-0.4, -0.2) is 10.9 Å². The summed E-state index contributed by atoms with van der Waals surface area (Å²) in [6, 6.07) is 0. The minimum atomic E-state index is 0.645. The molecule has 0 rings (SSSR count). The number of rotatable bonds is 2. The van der Waals surface area contributed by atoms with Crippen molar-refractivity contribution in [3.05, 3.63) is 12.2 Å². The van der Waals surface area contributed by atoms with Gasteiger partial charge < -0.3 is 5.21 Å².